The molecule has 0 unspecified atom stereocenters. The molecule has 0 aliphatic heterocycles. The fourth-order valence-electron chi connectivity index (χ4n) is 3.09. The van der Waals surface area contributed by atoms with Gasteiger partial charge in [-0.3, -0.25) is 14.9 Å². The molecule has 138 valence electrons. The Labute approximate surface area is 166 Å². The molecule has 0 saturated heterocycles. The first-order valence-corrected chi connectivity index (χ1v) is 9.15. The van der Waals surface area contributed by atoms with E-state index >= 15 is 0 Å². The van der Waals surface area contributed by atoms with Crippen LogP contribution >= 0.6 is 11.6 Å². The first kappa shape index (κ1) is 18.0. The van der Waals surface area contributed by atoms with E-state index in [0.717, 1.165) is 5.56 Å². The molecule has 5 heteroatoms. The Bertz CT molecular complexity index is 1220. The van der Waals surface area contributed by atoms with Gasteiger partial charge in [-0.1, -0.05) is 66.2 Å². The van der Waals surface area contributed by atoms with Crippen LogP contribution in [0.2, 0.25) is 5.02 Å². The van der Waals surface area contributed by atoms with Crippen LogP contribution in [0.1, 0.15) is 5.56 Å². The van der Waals surface area contributed by atoms with Crippen LogP contribution in [0.3, 0.4) is 0 Å². The minimum atomic E-state index is -0.270. The van der Waals surface area contributed by atoms with Gasteiger partial charge in [-0.2, -0.15) is 0 Å². The summed E-state index contributed by atoms with van der Waals surface area (Å²) in [4.78, 5) is 25.7. The number of carbonyl (C=O) groups is 1. The van der Waals surface area contributed by atoms with Gasteiger partial charge in [0.25, 0.3) is 0 Å². The molecule has 0 bridgehead atoms. The number of nitrogens with one attached hydrogen (secondary N) is 1. The van der Waals surface area contributed by atoms with E-state index in [4.69, 9.17) is 16.0 Å². The number of rotatable bonds is 4. The van der Waals surface area contributed by atoms with Crippen LogP contribution in [0.4, 0.5) is 5.88 Å². The van der Waals surface area contributed by atoms with Crippen molar-refractivity contribution in [2.75, 3.05) is 5.32 Å². The van der Waals surface area contributed by atoms with Crippen molar-refractivity contribution in [1.82, 2.24) is 0 Å². The Morgan fingerprint density at radius 1 is 0.929 bits per heavy atom. The van der Waals surface area contributed by atoms with Gasteiger partial charge in [0.1, 0.15) is 5.58 Å². The summed E-state index contributed by atoms with van der Waals surface area (Å²) in [5.74, 6) is -0.153. The molecule has 3 aromatic carbocycles. The number of benzene rings is 3. The van der Waals surface area contributed by atoms with Crippen molar-refractivity contribution in [3.8, 4) is 11.1 Å². The molecule has 1 heterocycles. The van der Waals surface area contributed by atoms with Crippen LogP contribution in [0, 0.1) is 0 Å². The summed E-state index contributed by atoms with van der Waals surface area (Å²) in [6.07, 6.45) is 0.173. The molecule has 0 atom stereocenters. The number of anilines is 1. The van der Waals surface area contributed by atoms with Crippen molar-refractivity contribution in [2.45, 2.75) is 6.42 Å². The number of fused-ring (bicyclic) bond motifs is 1. The average Bonchev–Trinajstić information content (AvgIpc) is 2.69. The van der Waals surface area contributed by atoms with Gasteiger partial charge in [0.05, 0.1) is 17.4 Å². The monoisotopic (exact) mass is 389 g/mol. The molecule has 4 aromatic rings. The summed E-state index contributed by atoms with van der Waals surface area (Å²) < 4.78 is 5.90. The maximum atomic E-state index is 13.1. The Balaban J connectivity index is 1.81. The molecular formula is C23H16ClNO3. The summed E-state index contributed by atoms with van der Waals surface area (Å²) in [5, 5.41) is 3.70. The summed E-state index contributed by atoms with van der Waals surface area (Å²) in [5.41, 5.74) is 1.92. The molecule has 0 saturated carbocycles. The number of hydrogen-bond acceptors (Lipinski definition) is 3. The third-order valence-corrected chi connectivity index (χ3v) is 4.61. The number of halogens is 1. The van der Waals surface area contributed by atoms with Gasteiger partial charge in [0.2, 0.25) is 17.2 Å². The third-order valence-electron chi connectivity index (χ3n) is 4.37. The SMILES string of the molecule is O=C(Cc1ccccc1)Nc1oc2ccccc2c(=O)c1-c1cccc(Cl)c1. The van der Waals surface area contributed by atoms with Crippen molar-refractivity contribution in [1.29, 1.82) is 0 Å². The van der Waals surface area contributed by atoms with Gasteiger partial charge >= 0.3 is 0 Å². The maximum absolute atomic E-state index is 13.1. The summed E-state index contributed by atoms with van der Waals surface area (Å²) in [7, 11) is 0. The van der Waals surface area contributed by atoms with Crippen molar-refractivity contribution in [3.05, 3.63) is 99.7 Å². The highest BCUT2D eigenvalue weighted by Crippen LogP contribution is 2.30. The maximum Gasteiger partial charge on any atom is 0.231 e. The normalized spacial score (nSPS) is 10.8. The summed E-state index contributed by atoms with van der Waals surface area (Å²) >= 11 is 6.11. The van der Waals surface area contributed by atoms with Crippen molar-refractivity contribution >= 4 is 34.4 Å². The zero-order valence-corrected chi connectivity index (χ0v) is 15.6. The average molecular weight is 390 g/mol. The second-order valence-electron chi connectivity index (χ2n) is 6.35. The second kappa shape index (κ2) is 7.71. The fraction of sp³-hybridized carbons (Fsp3) is 0.0435. The van der Waals surface area contributed by atoms with E-state index in [2.05, 4.69) is 5.32 Å². The van der Waals surface area contributed by atoms with E-state index in [1.54, 1.807) is 48.5 Å². The molecule has 4 rings (SSSR count). The lowest BCUT2D eigenvalue weighted by Gasteiger charge is -2.11. The Morgan fingerprint density at radius 2 is 1.68 bits per heavy atom. The van der Waals surface area contributed by atoms with Gasteiger partial charge in [0.15, 0.2) is 0 Å². The van der Waals surface area contributed by atoms with Gasteiger partial charge in [-0.25, -0.2) is 0 Å². The van der Waals surface area contributed by atoms with Crippen LogP contribution in [0.25, 0.3) is 22.1 Å². The topological polar surface area (TPSA) is 59.3 Å². The predicted octanol–water partition coefficient (Wildman–Crippen LogP) is 5.29. The molecule has 0 aliphatic carbocycles. The standard InChI is InChI=1S/C23H16ClNO3/c24-17-10-6-9-16(14-17)21-22(27)18-11-4-5-12-19(18)28-23(21)25-20(26)13-15-7-2-1-3-8-15/h1-12,14H,13H2,(H,25,26). The first-order chi connectivity index (χ1) is 13.6. The molecule has 0 aliphatic rings. The highest BCUT2D eigenvalue weighted by atomic mass is 35.5. The highest BCUT2D eigenvalue weighted by Gasteiger charge is 2.18. The van der Waals surface area contributed by atoms with Crippen molar-refractivity contribution in [2.24, 2.45) is 0 Å². The Morgan fingerprint density at radius 3 is 2.46 bits per heavy atom. The van der Waals surface area contributed by atoms with Gasteiger partial charge in [0, 0.05) is 5.02 Å². The first-order valence-electron chi connectivity index (χ1n) is 8.77. The molecule has 1 N–H and O–H groups in total. The van der Waals surface area contributed by atoms with E-state index < -0.39 is 0 Å². The number of carbonyl (C=O) groups excluding carboxylic acids is 1. The number of amides is 1. The van der Waals surface area contributed by atoms with Crippen molar-refractivity contribution in [3.63, 3.8) is 0 Å². The summed E-state index contributed by atoms with van der Waals surface area (Å²) in [6.45, 7) is 0. The molecular weight excluding hydrogens is 374 g/mol. The predicted molar refractivity (Wildman–Crippen MR) is 112 cm³/mol. The third kappa shape index (κ3) is 3.68. The van der Waals surface area contributed by atoms with E-state index in [9.17, 15) is 9.59 Å². The minimum Gasteiger partial charge on any atom is -0.439 e. The minimum absolute atomic E-state index is 0.117. The lowest BCUT2D eigenvalue weighted by Crippen LogP contribution is -2.18. The van der Waals surface area contributed by atoms with Crippen molar-refractivity contribution < 1.29 is 9.21 Å². The van der Waals surface area contributed by atoms with Gasteiger partial charge < -0.3 is 4.42 Å². The van der Waals surface area contributed by atoms with E-state index in [0.29, 0.717) is 21.6 Å². The van der Waals surface area contributed by atoms with Crippen LogP contribution in [-0.2, 0) is 11.2 Å². The Kier molecular flexibility index (Phi) is 4.96. The van der Waals surface area contributed by atoms with Crippen LogP contribution in [0.5, 0.6) is 0 Å². The van der Waals surface area contributed by atoms with Crippen LogP contribution in [-0.4, -0.2) is 5.91 Å². The van der Waals surface area contributed by atoms with E-state index in [1.165, 1.54) is 0 Å². The van der Waals surface area contributed by atoms with E-state index in [-0.39, 0.29) is 29.2 Å². The molecule has 0 fully saturated rings. The quantitative estimate of drug-likeness (QED) is 0.515. The summed E-state index contributed by atoms with van der Waals surface area (Å²) in [6, 6.07) is 23.2. The zero-order valence-electron chi connectivity index (χ0n) is 14.8. The van der Waals surface area contributed by atoms with Crippen LogP contribution < -0.4 is 10.7 Å². The number of para-hydroxylation sites is 1. The highest BCUT2D eigenvalue weighted by molar-refractivity contribution is 6.30. The molecule has 0 spiro atoms. The fourth-order valence-corrected chi connectivity index (χ4v) is 3.28. The number of hydrogen-bond donors (Lipinski definition) is 1. The van der Waals surface area contributed by atoms with Crippen LogP contribution in [0.15, 0.2) is 88.1 Å². The zero-order chi connectivity index (χ0) is 19.5. The molecule has 0 radical (unpaired) electrons. The molecule has 1 aromatic heterocycles. The molecule has 4 nitrogen and oxygen atoms in total. The lowest BCUT2D eigenvalue weighted by atomic mass is 10.0. The lowest BCUT2D eigenvalue weighted by molar-refractivity contribution is -0.115. The van der Waals surface area contributed by atoms with Gasteiger partial charge in [-0.05, 0) is 35.4 Å². The Hall–Kier alpha value is -3.37. The largest absolute Gasteiger partial charge is 0.439 e. The molecule has 1 amide bonds. The van der Waals surface area contributed by atoms with E-state index in [1.807, 2.05) is 30.3 Å². The smallest absolute Gasteiger partial charge is 0.231 e. The molecule has 28 heavy (non-hydrogen) atoms. The second-order valence-corrected chi connectivity index (χ2v) is 6.79. The van der Waals surface area contributed by atoms with Gasteiger partial charge in [-0.15, -0.1) is 0 Å².